The first-order valence-corrected chi connectivity index (χ1v) is 12.2. The third-order valence-electron chi connectivity index (χ3n) is 5.75. The number of rotatable bonds is 7. The zero-order chi connectivity index (χ0) is 24.9. The molecule has 2 aromatic carbocycles. The van der Waals surface area contributed by atoms with Crippen LogP contribution in [-0.2, 0) is 23.8 Å². The molecule has 0 fully saturated rings. The zero-order valence-electron chi connectivity index (χ0n) is 20.3. The summed E-state index contributed by atoms with van der Waals surface area (Å²) in [7, 11) is 0. The second-order valence-corrected chi connectivity index (χ2v) is 9.43. The van der Waals surface area contributed by atoms with Crippen LogP contribution in [0.15, 0.2) is 76.3 Å². The molecular formula is C28H31BrO5. The van der Waals surface area contributed by atoms with Crippen LogP contribution in [0.2, 0.25) is 0 Å². The summed E-state index contributed by atoms with van der Waals surface area (Å²) in [4.78, 5) is 26.1. The first-order valence-electron chi connectivity index (χ1n) is 11.4. The van der Waals surface area contributed by atoms with Crippen molar-refractivity contribution < 1.29 is 23.8 Å². The summed E-state index contributed by atoms with van der Waals surface area (Å²) in [6.07, 6.45) is 0.0371. The average Bonchev–Trinajstić information content (AvgIpc) is 2.80. The lowest BCUT2D eigenvalue weighted by Gasteiger charge is -2.44. The molecule has 0 N–H and O–H groups in total. The molecule has 1 aliphatic rings. The molecule has 0 aliphatic carbocycles. The smallest absolute Gasteiger partial charge is 0.350 e. The van der Waals surface area contributed by atoms with Crippen molar-refractivity contribution in [3.63, 3.8) is 0 Å². The van der Waals surface area contributed by atoms with Crippen LogP contribution in [0.1, 0.15) is 52.2 Å². The molecule has 0 radical (unpaired) electrons. The summed E-state index contributed by atoms with van der Waals surface area (Å²) in [5.74, 6) is -1.46. The van der Waals surface area contributed by atoms with Crippen LogP contribution in [-0.4, -0.2) is 36.4 Å². The molecular weight excluding hydrogens is 496 g/mol. The van der Waals surface area contributed by atoms with Crippen molar-refractivity contribution >= 4 is 33.4 Å². The van der Waals surface area contributed by atoms with E-state index in [1.165, 1.54) is 0 Å². The molecule has 0 bridgehead atoms. The van der Waals surface area contributed by atoms with Crippen LogP contribution in [0.4, 0.5) is 0 Å². The van der Waals surface area contributed by atoms with Gasteiger partial charge in [0, 0.05) is 16.5 Å². The van der Waals surface area contributed by atoms with E-state index in [1.54, 1.807) is 13.8 Å². The van der Waals surface area contributed by atoms with Crippen LogP contribution in [0, 0.1) is 0 Å². The quantitative estimate of drug-likeness (QED) is 0.316. The summed E-state index contributed by atoms with van der Waals surface area (Å²) in [5, 5.41) is 0. The van der Waals surface area contributed by atoms with Crippen molar-refractivity contribution in [1.29, 1.82) is 0 Å². The van der Waals surface area contributed by atoms with E-state index in [2.05, 4.69) is 40.2 Å². The Kier molecular flexibility index (Phi) is 8.16. The molecule has 0 saturated heterocycles. The van der Waals surface area contributed by atoms with Gasteiger partial charge in [-0.25, -0.2) is 9.59 Å². The lowest BCUT2D eigenvalue weighted by Crippen LogP contribution is -2.58. The van der Waals surface area contributed by atoms with E-state index in [0.29, 0.717) is 0 Å². The number of hydrogen-bond donors (Lipinski definition) is 0. The summed E-state index contributed by atoms with van der Waals surface area (Å²) in [5.41, 5.74) is 1.92. The Balaban J connectivity index is 2.24. The Hall–Kier alpha value is -2.70. The van der Waals surface area contributed by atoms with Gasteiger partial charge in [-0.3, -0.25) is 0 Å². The molecule has 0 spiro atoms. The number of carbonyl (C=O) groups excluding carboxylic acids is 2. The third kappa shape index (κ3) is 5.03. The Bertz CT molecular complexity index is 1040. The number of esters is 2. The van der Waals surface area contributed by atoms with Crippen LogP contribution in [0.3, 0.4) is 0 Å². The summed E-state index contributed by atoms with van der Waals surface area (Å²) in [6, 6.07) is 20.1. The molecule has 0 unspecified atom stereocenters. The first kappa shape index (κ1) is 25.9. The van der Waals surface area contributed by atoms with Gasteiger partial charge in [0.1, 0.15) is 0 Å². The maximum Gasteiger partial charge on any atom is 0.350 e. The molecule has 0 aromatic heterocycles. The maximum atomic E-state index is 13.0. The molecule has 180 valence electrons. The molecule has 0 atom stereocenters. The Morgan fingerprint density at radius 1 is 0.882 bits per heavy atom. The maximum absolute atomic E-state index is 13.0. The van der Waals surface area contributed by atoms with E-state index in [-0.39, 0.29) is 19.6 Å². The van der Waals surface area contributed by atoms with Crippen molar-refractivity contribution in [2.45, 2.75) is 52.2 Å². The zero-order valence-corrected chi connectivity index (χ0v) is 21.9. The summed E-state index contributed by atoms with van der Waals surface area (Å²) in [6.45, 7) is 9.29. The van der Waals surface area contributed by atoms with Crippen molar-refractivity contribution in [3.8, 4) is 0 Å². The highest BCUT2D eigenvalue weighted by atomic mass is 79.9. The van der Waals surface area contributed by atoms with Crippen LogP contribution in [0.5, 0.6) is 0 Å². The highest BCUT2D eigenvalue weighted by molar-refractivity contribution is 9.12. The highest BCUT2D eigenvalue weighted by Gasteiger charge is 2.57. The predicted octanol–water partition coefficient (Wildman–Crippen LogP) is 6.22. The molecule has 6 heteroatoms. The second-order valence-electron chi connectivity index (χ2n) is 8.63. The fourth-order valence-electron chi connectivity index (χ4n) is 4.51. The molecule has 5 nitrogen and oxygen atoms in total. The topological polar surface area (TPSA) is 61.8 Å². The predicted molar refractivity (Wildman–Crippen MR) is 136 cm³/mol. The third-order valence-corrected chi connectivity index (χ3v) is 6.54. The van der Waals surface area contributed by atoms with Crippen molar-refractivity contribution in [2.75, 3.05) is 13.2 Å². The van der Waals surface area contributed by atoms with Gasteiger partial charge in [-0.05, 0) is 67.2 Å². The van der Waals surface area contributed by atoms with Crippen LogP contribution in [0.25, 0.3) is 5.57 Å². The van der Waals surface area contributed by atoms with E-state index in [9.17, 15) is 9.59 Å². The molecule has 34 heavy (non-hydrogen) atoms. The second kappa shape index (κ2) is 10.7. The summed E-state index contributed by atoms with van der Waals surface area (Å²) < 4.78 is 17.7. The largest absolute Gasteiger partial charge is 0.463 e. The van der Waals surface area contributed by atoms with Gasteiger partial charge in [-0.1, -0.05) is 66.2 Å². The van der Waals surface area contributed by atoms with Gasteiger partial charge in [-0.2, -0.15) is 0 Å². The highest BCUT2D eigenvalue weighted by Crippen LogP contribution is 2.48. The van der Waals surface area contributed by atoms with Crippen molar-refractivity contribution in [2.24, 2.45) is 0 Å². The van der Waals surface area contributed by atoms with E-state index >= 15 is 0 Å². The van der Waals surface area contributed by atoms with E-state index < -0.39 is 23.1 Å². The Morgan fingerprint density at radius 3 is 1.71 bits per heavy atom. The first-order chi connectivity index (χ1) is 16.2. The average molecular weight is 527 g/mol. The van der Waals surface area contributed by atoms with Crippen molar-refractivity contribution in [3.05, 3.63) is 87.4 Å². The minimum Gasteiger partial charge on any atom is -0.463 e. The lowest BCUT2D eigenvalue weighted by molar-refractivity contribution is -0.206. The number of carbonyl (C=O) groups is 2. The molecule has 3 rings (SSSR count). The molecule has 0 saturated carbocycles. The monoisotopic (exact) mass is 526 g/mol. The SMILES string of the molecule is CCOC(=O)C1(C(=O)OCC)CC(C)=C(C(Br)=C(c2ccccc2)c2ccccc2)C(C)(C)O1. The standard InChI is InChI=1S/C28H31BrO5/c1-6-32-25(30)28(26(31)33-7-2)18-19(3)23(27(4,5)34-28)24(29)22(20-14-10-8-11-15-20)21-16-12-9-13-17-21/h8-17H,6-7,18H2,1-5H3. The van der Waals surface area contributed by atoms with Gasteiger partial charge in [0.15, 0.2) is 0 Å². The molecule has 2 aromatic rings. The number of benzene rings is 2. The summed E-state index contributed by atoms with van der Waals surface area (Å²) >= 11 is 3.88. The molecule has 1 heterocycles. The Labute approximate surface area is 209 Å². The van der Waals surface area contributed by atoms with Gasteiger partial charge in [0.2, 0.25) is 0 Å². The minimum absolute atomic E-state index is 0.0371. The lowest BCUT2D eigenvalue weighted by atomic mass is 9.79. The van der Waals surface area contributed by atoms with Gasteiger partial charge >= 0.3 is 11.9 Å². The molecule has 0 amide bonds. The fraction of sp³-hybridized carbons (Fsp3) is 0.357. The number of hydrogen-bond acceptors (Lipinski definition) is 5. The fourth-order valence-corrected chi connectivity index (χ4v) is 5.78. The van der Waals surface area contributed by atoms with Gasteiger partial charge in [-0.15, -0.1) is 0 Å². The van der Waals surface area contributed by atoms with Crippen molar-refractivity contribution in [1.82, 2.24) is 0 Å². The van der Waals surface area contributed by atoms with Crippen LogP contribution >= 0.6 is 15.9 Å². The minimum atomic E-state index is -1.85. The number of halogens is 1. The van der Waals surface area contributed by atoms with E-state index in [0.717, 1.165) is 32.3 Å². The Morgan fingerprint density at radius 2 is 1.32 bits per heavy atom. The van der Waals surface area contributed by atoms with E-state index in [4.69, 9.17) is 14.2 Å². The van der Waals surface area contributed by atoms with Gasteiger partial charge in [0.25, 0.3) is 5.60 Å². The van der Waals surface area contributed by atoms with Gasteiger partial charge in [0.05, 0.1) is 18.8 Å². The van der Waals surface area contributed by atoms with E-state index in [1.807, 2.05) is 57.2 Å². The van der Waals surface area contributed by atoms with Crippen LogP contribution < -0.4 is 0 Å². The normalized spacial score (nSPS) is 16.5. The number of ether oxygens (including phenoxy) is 3. The molecule has 1 aliphatic heterocycles. The van der Waals surface area contributed by atoms with Gasteiger partial charge < -0.3 is 14.2 Å².